The SMILES string of the molecule is Cc1ccc(-n2c(COc3c(C)cccc3C)nnc2SCC(=O)Nc2ccc(Cl)c(Cl)c2)cc1. The average molecular weight is 527 g/mol. The molecule has 1 aromatic heterocycles. The van der Waals surface area contributed by atoms with E-state index in [0.29, 0.717) is 26.7 Å². The molecule has 0 radical (unpaired) electrons. The molecule has 0 spiro atoms. The third kappa shape index (κ3) is 6.17. The smallest absolute Gasteiger partial charge is 0.234 e. The number of hydrogen-bond acceptors (Lipinski definition) is 5. The molecular weight excluding hydrogens is 503 g/mol. The molecule has 0 aliphatic heterocycles. The van der Waals surface area contributed by atoms with E-state index in [1.165, 1.54) is 11.8 Å². The zero-order valence-corrected chi connectivity index (χ0v) is 21.8. The lowest BCUT2D eigenvalue weighted by Gasteiger charge is -2.14. The number of para-hydroxylation sites is 1. The van der Waals surface area contributed by atoms with Gasteiger partial charge in [0.05, 0.1) is 15.8 Å². The first-order valence-corrected chi connectivity index (χ1v) is 12.6. The number of nitrogens with zero attached hydrogens (tertiary/aromatic N) is 3. The van der Waals surface area contributed by atoms with E-state index in [2.05, 4.69) is 15.5 Å². The predicted molar refractivity (Wildman–Crippen MR) is 142 cm³/mol. The Kier molecular flexibility index (Phi) is 8.00. The summed E-state index contributed by atoms with van der Waals surface area (Å²) in [6, 6.07) is 19.0. The van der Waals surface area contributed by atoms with Crippen LogP contribution >= 0.6 is 35.0 Å². The first kappa shape index (κ1) is 25.1. The van der Waals surface area contributed by atoms with Crippen LogP contribution < -0.4 is 10.1 Å². The second-order valence-corrected chi connectivity index (χ2v) is 9.80. The standard InChI is InChI=1S/C26H24Cl2N4O2S/c1-16-7-10-20(11-8-16)32-23(14-34-25-17(2)5-4-6-18(25)3)30-31-26(32)35-15-24(33)29-19-9-12-21(27)22(28)13-19/h4-13H,14-15H2,1-3H3,(H,29,33). The molecule has 4 rings (SSSR count). The summed E-state index contributed by atoms with van der Waals surface area (Å²) in [5.74, 6) is 1.42. The van der Waals surface area contributed by atoms with Crippen LogP contribution in [0.5, 0.6) is 5.75 Å². The molecule has 9 heteroatoms. The number of anilines is 1. The van der Waals surface area contributed by atoms with Gasteiger partial charge in [0.1, 0.15) is 12.4 Å². The van der Waals surface area contributed by atoms with Crippen LogP contribution in [0.3, 0.4) is 0 Å². The third-order valence-electron chi connectivity index (χ3n) is 5.28. The Morgan fingerprint density at radius 3 is 2.37 bits per heavy atom. The summed E-state index contributed by atoms with van der Waals surface area (Å²) in [5, 5.41) is 13.0. The Labute approximate surface area is 218 Å². The van der Waals surface area contributed by atoms with Gasteiger partial charge in [0.25, 0.3) is 0 Å². The Morgan fingerprint density at radius 2 is 1.69 bits per heavy atom. The Morgan fingerprint density at radius 1 is 0.971 bits per heavy atom. The number of nitrogens with one attached hydrogen (secondary N) is 1. The summed E-state index contributed by atoms with van der Waals surface area (Å²) in [6.07, 6.45) is 0. The van der Waals surface area contributed by atoms with Crippen LogP contribution in [0.1, 0.15) is 22.5 Å². The van der Waals surface area contributed by atoms with E-state index in [-0.39, 0.29) is 18.3 Å². The molecule has 1 N–H and O–H groups in total. The van der Waals surface area contributed by atoms with Gasteiger partial charge in [-0.1, -0.05) is 70.9 Å². The lowest BCUT2D eigenvalue weighted by molar-refractivity contribution is -0.113. The van der Waals surface area contributed by atoms with Crippen molar-refractivity contribution in [2.45, 2.75) is 32.5 Å². The molecule has 0 fully saturated rings. The lowest BCUT2D eigenvalue weighted by atomic mass is 10.1. The highest BCUT2D eigenvalue weighted by Gasteiger charge is 2.17. The van der Waals surface area contributed by atoms with Crippen molar-refractivity contribution < 1.29 is 9.53 Å². The second-order valence-electron chi connectivity index (χ2n) is 8.05. The van der Waals surface area contributed by atoms with Gasteiger partial charge >= 0.3 is 0 Å². The van der Waals surface area contributed by atoms with Gasteiger partial charge in [0, 0.05) is 11.4 Å². The highest BCUT2D eigenvalue weighted by molar-refractivity contribution is 7.99. The number of aromatic nitrogens is 3. The van der Waals surface area contributed by atoms with Gasteiger partial charge in [-0.15, -0.1) is 10.2 Å². The fraction of sp³-hybridized carbons (Fsp3) is 0.192. The summed E-state index contributed by atoms with van der Waals surface area (Å²) in [6.45, 7) is 6.30. The first-order chi connectivity index (χ1) is 16.8. The van der Waals surface area contributed by atoms with Gasteiger partial charge in [-0.2, -0.15) is 0 Å². The van der Waals surface area contributed by atoms with Crippen molar-refractivity contribution in [1.82, 2.24) is 14.8 Å². The molecule has 4 aromatic rings. The van der Waals surface area contributed by atoms with Crippen LogP contribution in [0.15, 0.2) is 65.8 Å². The van der Waals surface area contributed by atoms with E-state index in [1.807, 2.05) is 67.8 Å². The maximum absolute atomic E-state index is 12.6. The normalized spacial score (nSPS) is 10.9. The van der Waals surface area contributed by atoms with Crippen LogP contribution in [0.2, 0.25) is 10.0 Å². The molecule has 0 saturated heterocycles. The number of benzene rings is 3. The molecule has 0 aliphatic carbocycles. The summed E-state index contributed by atoms with van der Waals surface area (Å²) in [7, 11) is 0. The van der Waals surface area contributed by atoms with Crippen molar-refractivity contribution in [1.29, 1.82) is 0 Å². The molecule has 0 saturated carbocycles. The van der Waals surface area contributed by atoms with Gasteiger partial charge in [0.15, 0.2) is 11.0 Å². The van der Waals surface area contributed by atoms with E-state index in [1.54, 1.807) is 18.2 Å². The fourth-order valence-electron chi connectivity index (χ4n) is 3.51. The molecule has 3 aromatic carbocycles. The summed E-state index contributed by atoms with van der Waals surface area (Å²) < 4.78 is 8.06. The van der Waals surface area contributed by atoms with E-state index in [4.69, 9.17) is 27.9 Å². The lowest BCUT2D eigenvalue weighted by Crippen LogP contribution is -2.15. The fourth-order valence-corrected chi connectivity index (χ4v) is 4.57. The van der Waals surface area contributed by atoms with E-state index in [0.717, 1.165) is 28.1 Å². The van der Waals surface area contributed by atoms with E-state index >= 15 is 0 Å². The van der Waals surface area contributed by atoms with Crippen LogP contribution in [0.4, 0.5) is 5.69 Å². The number of hydrogen-bond donors (Lipinski definition) is 1. The molecule has 6 nitrogen and oxygen atoms in total. The van der Waals surface area contributed by atoms with Gasteiger partial charge in [0.2, 0.25) is 5.91 Å². The first-order valence-electron chi connectivity index (χ1n) is 10.9. The van der Waals surface area contributed by atoms with Crippen LogP contribution in [-0.2, 0) is 11.4 Å². The van der Waals surface area contributed by atoms with Crippen LogP contribution in [0.25, 0.3) is 5.69 Å². The van der Waals surface area contributed by atoms with E-state index < -0.39 is 0 Å². The number of carbonyl (C=O) groups is 1. The molecular formula is C26H24Cl2N4O2S. The van der Waals surface area contributed by atoms with Crippen molar-refractivity contribution in [3.63, 3.8) is 0 Å². The van der Waals surface area contributed by atoms with Crippen molar-refractivity contribution in [3.05, 3.63) is 93.2 Å². The van der Waals surface area contributed by atoms with Gasteiger partial charge in [-0.25, -0.2) is 0 Å². The monoisotopic (exact) mass is 526 g/mol. The number of carbonyl (C=O) groups excluding carboxylic acids is 1. The van der Waals surface area contributed by atoms with Gasteiger partial charge in [-0.05, 0) is 62.2 Å². The maximum Gasteiger partial charge on any atom is 0.234 e. The number of halogens is 2. The molecule has 1 amide bonds. The van der Waals surface area contributed by atoms with Crippen molar-refractivity contribution in [2.24, 2.45) is 0 Å². The van der Waals surface area contributed by atoms with Gasteiger partial charge < -0.3 is 10.1 Å². The summed E-state index contributed by atoms with van der Waals surface area (Å²) in [5.41, 5.74) is 4.73. The largest absolute Gasteiger partial charge is 0.485 e. The number of amides is 1. The minimum atomic E-state index is -0.194. The highest BCUT2D eigenvalue weighted by atomic mass is 35.5. The van der Waals surface area contributed by atoms with Crippen LogP contribution in [0, 0.1) is 20.8 Å². The summed E-state index contributed by atoms with van der Waals surface area (Å²) in [4.78, 5) is 12.6. The van der Waals surface area contributed by atoms with Crippen molar-refractivity contribution >= 4 is 46.6 Å². The van der Waals surface area contributed by atoms with Crippen molar-refractivity contribution in [3.8, 4) is 11.4 Å². The molecule has 35 heavy (non-hydrogen) atoms. The minimum absolute atomic E-state index is 0.141. The molecule has 0 bridgehead atoms. The minimum Gasteiger partial charge on any atom is -0.485 e. The Hall–Kier alpha value is -3.00. The molecule has 0 unspecified atom stereocenters. The number of thioether (sulfide) groups is 1. The van der Waals surface area contributed by atoms with Gasteiger partial charge in [-0.3, -0.25) is 9.36 Å². The molecule has 1 heterocycles. The maximum atomic E-state index is 12.6. The Bertz CT molecular complexity index is 1340. The Balaban J connectivity index is 1.53. The highest BCUT2D eigenvalue weighted by Crippen LogP contribution is 2.27. The molecule has 180 valence electrons. The number of aryl methyl sites for hydroxylation is 3. The average Bonchev–Trinajstić information content (AvgIpc) is 3.23. The predicted octanol–water partition coefficient (Wildman–Crippen LogP) is 6.81. The zero-order valence-electron chi connectivity index (χ0n) is 19.5. The van der Waals surface area contributed by atoms with Crippen LogP contribution in [-0.4, -0.2) is 26.4 Å². The number of rotatable bonds is 8. The summed E-state index contributed by atoms with van der Waals surface area (Å²) >= 11 is 13.3. The molecule has 0 atom stereocenters. The second kappa shape index (κ2) is 11.2. The zero-order chi connectivity index (χ0) is 24.9. The topological polar surface area (TPSA) is 69.0 Å². The third-order valence-corrected chi connectivity index (χ3v) is 6.95. The quantitative estimate of drug-likeness (QED) is 0.255. The van der Waals surface area contributed by atoms with E-state index in [9.17, 15) is 4.79 Å². The molecule has 0 aliphatic rings. The number of ether oxygens (including phenoxy) is 1. The van der Waals surface area contributed by atoms with Crippen molar-refractivity contribution in [2.75, 3.05) is 11.1 Å².